The number of carbonyl (C=O) groups excluding carboxylic acids is 2. The quantitative estimate of drug-likeness (QED) is 0.711. The summed E-state index contributed by atoms with van der Waals surface area (Å²) < 4.78 is 16.0. The van der Waals surface area contributed by atoms with Crippen molar-refractivity contribution in [3.05, 3.63) is 53.6 Å². The first-order valence-electron chi connectivity index (χ1n) is 11.0. The maximum absolute atomic E-state index is 13.9. The first-order valence-corrected chi connectivity index (χ1v) is 11.0. The fourth-order valence-corrected chi connectivity index (χ4v) is 5.27. The van der Waals surface area contributed by atoms with Crippen molar-refractivity contribution < 1.29 is 23.8 Å². The molecule has 7 nitrogen and oxygen atoms in total. The minimum atomic E-state index is -0.559. The molecule has 1 N–H and O–H groups in total. The number of ether oxygens (including phenoxy) is 3. The SMILES string of the molecule is COCCN1C(=O)c2ccccc2C(C(=O)Nc2cc(OC)cc(OC)c2)C12CCCC2. The highest BCUT2D eigenvalue weighted by Crippen LogP contribution is 2.50. The van der Waals surface area contributed by atoms with Gasteiger partial charge >= 0.3 is 0 Å². The number of rotatable bonds is 7. The van der Waals surface area contributed by atoms with Crippen molar-refractivity contribution >= 4 is 17.5 Å². The number of nitrogens with one attached hydrogen (secondary N) is 1. The third-order valence-corrected chi connectivity index (χ3v) is 6.69. The number of amides is 2. The third-order valence-electron chi connectivity index (χ3n) is 6.69. The van der Waals surface area contributed by atoms with Gasteiger partial charge in [-0.15, -0.1) is 0 Å². The number of nitrogens with zero attached hydrogens (tertiary/aromatic N) is 1. The molecule has 1 heterocycles. The van der Waals surface area contributed by atoms with Gasteiger partial charge in [-0.1, -0.05) is 31.0 Å². The van der Waals surface area contributed by atoms with Crippen molar-refractivity contribution in [2.45, 2.75) is 37.1 Å². The van der Waals surface area contributed by atoms with Gasteiger partial charge in [-0.3, -0.25) is 9.59 Å². The van der Waals surface area contributed by atoms with E-state index in [-0.39, 0.29) is 11.8 Å². The number of anilines is 1. The molecule has 32 heavy (non-hydrogen) atoms. The van der Waals surface area contributed by atoms with Crippen LogP contribution in [-0.4, -0.2) is 56.7 Å². The van der Waals surface area contributed by atoms with E-state index in [0.29, 0.717) is 35.9 Å². The second-order valence-electron chi connectivity index (χ2n) is 8.37. The molecule has 1 fully saturated rings. The Morgan fingerprint density at radius 2 is 1.72 bits per heavy atom. The fourth-order valence-electron chi connectivity index (χ4n) is 5.27. The van der Waals surface area contributed by atoms with E-state index in [1.807, 2.05) is 29.2 Å². The van der Waals surface area contributed by atoms with Crippen molar-refractivity contribution in [2.24, 2.45) is 0 Å². The van der Waals surface area contributed by atoms with Gasteiger partial charge in [-0.25, -0.2) is 0 Å². The van der Waals surface area contributed by atoms with Crippen molar-refractivity contribution in [2.75, 3.05) is 39.8 Å². The molecule has 7 heteroatoms. The fraction of sp³-hybridized carbons (Fsp3) is 0.440. The van der Waals surface area contributed by atoms with E-state index >= 15 is 0 Å². The monoisotopic (exact) mass is 438 g/mol. The van der Waals surface area contributed by atoms with Gasteiger partial charge in [0, 0.05) is 43.1 Å². The van der Waals surface area contributed by atoms with Crippen LogP contribution in [0.2, 0.25) is 0 Å². The molecule has 4 rings (SSSR count). The van der Waals surface area contributed by atoms with Crippen LogP contribution in [0.25, 0.3) is 0 Å². The van der Waals surface area contributed by atoms with Crippen LogP contribution in [-0.2, 0) is 9.53 Å². The van der Waals surface area contributed by atoms with Crippen LogP contribution in [0.3, 0.4) is 0 Å². The van der Waals surface area contributed by atoms with E-state index in [1.54, 1.807) is 39.5 Å². The lowest BCUT2D eigenvalue weighted by molar-refractivity contribution is -0.121. The van der Waals surface area contributed by atoms with E-state index < -0.39 is 11.5 Å². The van der Waals surface area contributed by atoms with Gasteiger partial charge in [0.25, 0.3) is 5.91 Å². The van der Waals surface area contributed by atoms with Gasteiger partial charge in [-0.05, 0) is 24.5 Å². The van der Waals surface area contributed by atoms with Crippen molar-refractivity contribution in [1.82, 2.24) is 4.90 Å². The average Bonchev–Trinajstić information content (AvgIpc) is 3.28. The van der Waals surface area contributed by atoms with E-state index in [1.165, 1.54) is 0 Å². The standard InChI is InChI=1S/C25H30N2O5/c1-30-13-12-27-24(29)21-9-5-4-8-20(21)22(25(27)10-6-7-11-25)23(28)26-17-14-18(31-2)16-19(15-17)32-3/h4-5,8-9,14-16,22H,6-7,10-13H2,1-3H3,(H,26,28). The second kappa shape index (κ2) is 9.20. The third kappa shape index (κ3) is 3.81. The highest BCUT2D eigenvalue weighted by Gasteiger charge is 2.55. The average molecular weight is 439 g/mol. The normalized spacial score (nSPS) is 19.0. The van der Waals surface area contributed by atoms with Crippen LogP contribution in [0.1, 0.15) is 47.5 Å². The number of methoxy groups -OCH3 is 3. The zero-order valence-electron chi connectivity index (χ0n) is 18.8. The van der Waals surface area contributed by atoms with Crippen LogP contribution in [0.15, 0.2) is 42.5 Å². The highest BCUT2D eigenvalue weighted by molar-refractivity contribution is 6.05. The zero-order chi connectivity index (χ0) is 22.7. The molecule has 0 bridgehead atoms. The molecule has 1 saturated carbocycles. The van der Waals surface area contributed by atoms with Crippen molar-refractivity contribution in [1.29, 1.82) is 0 Å². The summed E-state index contributed by atoms with van der Waals surface area (Å²) in [4.78, 5) is 29.2. The molecule has 2 aliphatic rings. The summed E-state index contributed by atoms with van der Waals surface area (Å²) in [6, 6.07) is 12.8. The number of carbonyl (C=O) groups is 2. The molecule has 170 valence electrons. The Morgan fingerprint density at radius 3 is 2.34 bits per heavy atom. The second-order valence-corrected chi connectivity index (χ2v) is 8.37. The van der Waals surface area contributed by atoms with E-state index in [2.05, 4.69) is 5.32 Å². The molecule has 1 aliphatic carbocycles. The maximum Gasteiger partial charge on any atom is 0.254 e. The molecule has 1 spiro atoms. The summed E-state index contributed by atoms with van der Waals surface area (Å²) in [5.74, 6) is 0.552. The van der Waals surface area contributed by atoms with E-state index in [4.69, 9.17) is 14.2 Å². The Labute approximate surface area is 188 Å². The zero-order valence-corrected chi connectivity index (χ0v) is 18.8. The molecule has 1 atom stereocenters. The summed E-state index contributed by atoms with van der Waals surface area (Å²) in [7, 11) is 4.78. The summed E-state index contributed by atoms with van der Waals surface area (Å²) in [6.07, 6.45) is 3.54. The van der Waals surface area contributed by atoms with Gasteiger partial charge in [0.2, 0.25) is 5.91 Å². The van der Waals surface area contributed by atoms with Crippen molar-refractivity contribution in [3.8, 4) is 11.5 Å². The number of benzene rings is 2. The number of hydrogen-bond donors (Lipinski definition) is 1. The molecular weight excluding hydrogens is 408 g/mol. The summed E-state index contributed by atoms with van der Waals surface area (Å²) in [5, 5.41) is 3.08. The molecule has 2 aromatic carbocycles. The molecule has 1 unspecified atom stereocenters. The first kappa shape index (κ1) is 22.1. The van der Waals surface area contributed by atoms with Gasteiger partial charge in [-0.2, -0.15) is 0 Å². The van der Waals surface area contributed by atoms with E-state index in [0.717, 1.165) is 31.2 Å². The lowest BCUT2D eigenvalue weighted by Gasteiger charge is -2.50. The number of hydrogen-bond acceptors (Lipinski definition) is 5. The minimum Gasteiger partial charge on any atom is -0.497 e. The van der Waals surface area contributed by atoms with E-state index in [9.17, 15) is 9.59 Å². The molecule has 0 aromatic heterocycles. The van der Waals surface area contributed by atoms with Gasteiger partial charge < -0.3 is 24.4 Å². The summed E-state index contributed by atoms with van der Waals surface area (Å²) >= 11 is 0. The van der Waals surface area contributed by atoms with Crippen LogP contribution in [0.4, 0.5) is 5.69 Å². The lowest BCUT2D eigenvalue weighted by Crippen LogP contribution is -2.60. The summed E-state index contributed by atoms with van der Waals surface area (Å²) in [5.41, 5.74) is 1.42. The van der Waals surface area contributed by atoms with Gasteiger partial charge in [0.1, 0.15) is 11.5 Å². The van der Waals surface area contributed by atoms with Crippen LogP contribution < -0.4 is 14.8 Å². The van der Waals surface area contributed by atoms with Crippen LogP contribution in [0, 0.1) is 0 Å². The Hall–Kier alpha value is -3.06. The molecule has 1 aliphatic heterocycles. The summed E-state index contributed by atoms with van der Waals surface area (Å²) in [6.45, 7) is 0.886. The highest BCUT2D eigenvalue weighted by atomic mass is 16.5. The topological polar surface area (TPSA) is 77.1 Å². The molecule has 2 aromatic rings. The smallest absolute Gasteiger partial charge is 0.254 e. The Bertz CT molecular complexity index is 977. The first-order chi connectivity index (χ1) is 15.5. The molecule has 2 amide bonds. The molecular formula is C25H30N2O5. The Morgan fingerprint density at radius 1 is 1.06 bits per heavy atom. The predicted octanol–water partition coefficient (Wildman–Crippen LogP) is 3.84. The van der Waals surface area contributed by atoms with Crippen molar-refractivity contribution in [3.63, 3.8) is 0 Å². The minimum absolute atomic E-state index is 0.0216. The molecule has 0 saturated heterocycles. The Balaban J connectivity index is 1.77. The maximum atomic E-state index is 13.9. The molecule has 0 radical (unpaired) electrons. The predicted molar refractivity (Wildman–Crippen MR) is 121 cm³/mol. The number of fused-ring (bicyclic) bond motifs is 1. The largest absolute Gasteiger partial charge is 0.497 e. The van der Waals surface area contributed by atoms with Gasteiger partial charge in [0.05, 0.1) is 32.3 Å². The van der Waals surface area contributed by atoms with Crippen LogP contribution >= 0.6 is 0 Å². The van der Waals surface area contributed by atoms with Crippen LogP contribution in [0.5, 0.6) is 11.5 Å². The van der Waals surface area contributed by atoms with Gasteiger partial charge in [0.15, 0.2) is 0 Å². The lowest BCUT2D eigenvalue weighted by atomic mass is 9.71. The Kier molecular flexibility index (Phi) is 6.37.